The molecule has 25 heavy (non-hydrogen) atoms. The molecule has 0 bridgehead atoms. The van der Waals surface area contributed by atoms with E-state index in [-0.39, 0.29) is 42.4 Å². The summed E-state index contributed by atoms with van der Waals surface area (Å²) in [4.78, 5) is 29.0. The third-order valence-electron chi connectivity index (χ3n) is 4.47. The number of piperidine rings is 1. The van der Waals surface area contributed by atoms with Crippen LogP contribution in [0.2, 0.25) is 0 Å². The predicted molar refractivity (Wildman–Crippen MR) is 104 cm³/mol. The van der Waals surface area contributed by atoms with Crippen molar-refractivity contribution in [3.05, 3.63) is 39.4 Å². The number of aromatic nitrogens is 2. The number of hydrogen-bond donors (Lipinski definition) is 2. The van der Waals surface area contributed by atoms with E-state index in [0.29, 0.717) is 17.4 Å². The Balaban J connectivity index is 0.00000225. The van der Waals surface area contributed by atoms with Crippen LogP contribution in [0.25, 0.3) is 10.9 Å². The van der Waals surface area contributed by atoms with Gasteiger partial charge in [-0.05, 0) is 44.5 Å². The van der Waals surface area contributed by atoms with Crippen molar-refractivity contribution in [3.63, 3.8) is 0 Å². The first-order valence-electron chi connectivity index (χ1n) is 8.22. The summed E-state index contributed by atoms with van der Waals surface area (Å²) in [6.07, 6.45) is 3.84. The van der Waals surface area contributed by atoms with E-state index in [4.69, 9.17) is 0 Å². The largest absolute Gasteiger partial charge is 0.352 e. The maximum Gasteiger partial charge on any atom is 0.261 e. The summed E-state index contributed by atoms with van der Waals surface area (Å²) in [5.74, 6) is -0.0308. The number of fused-ring (bicyclic) bond motifs is 1. The maximum absolute atomic E-state index is 12.5. The number of nitrogens with zero attached hydrogens (tertiary/aromatic N) is 2. The monoisotopic (exact) mass is 428 g/mol. The van der Waals surface area contributed by atoms with Crippen molar-refractivity contribution in [3.8, 4) is 0 Å². The molecule has 2 atom stereocenters. The van der Waals surface area contributed by atoms with Gasteiger partial charge in [0, 0.05) is 29.5 Å². The van der Waals surface area contributed by atoms with Crippen LogP contribution >= 0.6 is 28.3 Å². The topological polar surface area (TPSA) is 76.0 Å². The van der Waals surface area contributed by atoms with Gasteiger partial charge in [-0.15, -0.1) is 12.4 Å². The number of benzene rings is 1. The molecule has 2 aromatic rings. The second kappa shape index (κ2) is 8.78. The number of rotatable bonds is 4. The van der Waals surface area contributed by atoms with Crippen LogP contribution in [0.4, 0.5) is 0 Å². The first-order chi connectivity index (χ1) is 11.5. The Labute approximate surface area is 160 Å². The molecular formula is C17H22BrClN4O2. The number of halogens is 2. The highest BCUT2D eigenvalue weighted by Crippen LogP contribution is 2.15. The van der Waals surface area contributed by atoms with Gasteiger partial charge < -0.3 is 10.6 Å². The SMILES string of the molecule is CC1NCCCC1NC(=O)CCn1cnc2ccc(Br)cc2c1=O.Cl. The molecule has 1 fully saturated rings. The molecule has 1 aliphatic rings. The van der Waals surface area contributed by atoms with Crippen molar-refractivity contribution in [2.24, 2.45) is 0 Å². The van der Waals surface area contributed by atoms with E-state index in [1.54, 1.807) is 12.1 Å². The van der Waals surface area contributed by atoms with Crippen LogP contribution in [0.1, 0.15) is 26.2 Å². The van der Waals surface area contributed by atoms with E-state index in [1.165, 1.54) is 10.9 Å². The molecule has 6 nitrogen and oxygen atoms in total. The van der Waals surface area contributed by atoms with E-state index >= 15 is 0 Å². The number of hydrogen-bond acceptors (Lipinski definition) is 4. The zero-order valence-corrected chi connectivity index (χ0v) is 16.4. The molecule has 3 rings (SSSR count). The van der Waals surface area contributed by atoms with Crippen LogP contribution in [-0.4, -0.2) is 34.1 Å². The summed E-state index contributed by atoms with van der Waals surface area (Å²) in [5, 5.41) is 6.97. The molecule has 0 saturated carbocycles. The summed E-state index contributed by atoms with van der Waals surface area (Å²) in [7, 11) is 0. The summed E-state index contributed by atoms with van der Waals surface area (Å²) in [6, 6.07) is 5.86. The second-order valence-electron chi connectivity index (χ2n) is 6.21. The van der Waals surface area contributed by atoms with Crippen molar-refractivity contribution in [1.82, 2.24) is 20.2 Å². The molecule has 1 aliphatic heterocycles. The average Bonchev–Trinajstić information content (AvgIpc) is 2.57. The minimum absolute atomic E-state index is 0. The van der Waals surface area contributed by atoms with Crippen molar-refractivity contribution in [2.75, 3.05) is 6.54 Å². The van der Waals surface area contributed by atoms with Crippen molar-refractivity contribution in [1.29, 1.82) is 0 Å². The molecule has 8 heteroatoms. The summed E-state index contributed by atoms with van der Waals surface area (Å²) in [6.45, 7) is 3.41. The number of aryl methyl sites for hydroxylation is 1. The standard InChI is InChI=1S/C17H21BrN4O2.ClH/c1-11-14(3-2-7-19-11)21-16(23)6-8-22-10-20-15-5-4-12(18)9-13(15)17(22)24;/h4-5,9-11,14,19H,2-3,6-8H2,1H3,(H,21,23);1H. The molecule has 0 spiro atoms. The number of amides is 1. The van der Waals surface area contributed by atoms with Crippen molar-refractivity contribution >= 4 is 45.1 Å². The lowest BCUT2D eigenvalue weighted by Gasteiger charge is -2.30. The molecule has 2 heterocycles. The van der Waals surface area contributed by atoms with Gasteiger partial charge in [-0.25, -0.2) is 4.98 Å². The Morgan fingerprint density at radius 3 is 3.04 bits per heavy atom. The zero-order valence-electron chi connectivity index (χ0n) is 14.0. The molecule has 2 N–H and O–H groups in total. The van der Waals surface area contributed by atoms with Crippen LogP contribution in [0.5, 0.6) is 0 Å². The second-order valence-corrected chi connectivity index (χ2v) is 7.13. The van der Waals surface area contributed by atoms with E-state index in [1.807, 2.05) is 6.07 Å². The fourth-order valence-electron chi connectivity index (χ4n) is 3.03. The van der Waals surface area contributed by atoms with Crippen molar-refractivity contribution < 1.29 is 4.79 Å². The smallest absolute Gasteiger partial charge is 0.261 e. The van der Waals surface area contributed by atoms with E-state index in [9.17, 15) is 9.59 Å². The average molecular weight is 430 g/mol. The quantitative estimate of drug-likeness (QED) is 0.781. The fraction of sp³-hybridized carbons (Fsp3) is 0.471. The first kappa shape index (κ1) is 19.9. The fourth-order valence-corrected chi connectivity index (χ4v) is 3.39. The van der Waals surface area contributed by atoms with Gasteiger partial charge in [0.2, 0.25) is 5.91 Å². The number of nitrogens with one attached hydrogen (secondary N) is 2. The predicted octanol–water partition coefficient (Wildman–Crippen LogP) is 2.23. The summed E-state index contributed by atoms with van der Waals surface area (Å²) < 4.78 is 2.33. The highest BCUT2D eigenvalue weighted by Gasteiger charge is 2.22. The third kappa shape index (κ3) is 4.80. The number of carbonyl (C=O) groups excluding carboxylic acids is 1. The van der Waals surface area contributed by atoms with Gasteiger partial charge >= 0.3 is 0 Å². The highest BCUT2D eigenvalue weighted by molar-refractivity contribution is 9.10. The summed E-state index contributed by atoms with van der Waals surface area (Å²) >= 11 is 3.37. The van der Waals surface area contributed by atoms with E-state index in [0.717, 1.165) is 23.9 Å². The molecule has 1 amide bonds. The van der Waals surface area contributed by atoms with Gasteiger partial charge in [0.1, 0.15) is 0 Å². The molecular weight excluding hydrogens is 408 g/mol. The Hall–Kier alpha value is -1.44. The van der Waals surface area contributed by atoms with Gasteiger partial charge in [-0.3, -0.25) is 14.2 Å². The lowest BCUT2D eigenvalue weighted by Crippen LogP contribution is -2.52. The Kier molecular flexibility index (Phi) is 6.98. The number of carbonyl (C=O) groups is 1. The van der Waals surface area contributed by atoms with Crippen LogP contribution < -0.4 is 16.2 Å². The van der Waals surface area contributed by atoms with Gasteiger partial charge in [-0.1, -0.05) is 15.9 Å². The third-order valence-corrected chi connectivity index (χ3v) is 4.97. The Bertz CT molecular complexity index is 811. The van der Waals surface area contributed by atoms with Crippen LogP contribution in [-0.2, 0) is 11.3 Å². The Morgan fingerprint density at radius 1 is 1.48 bits per heavy atom. The van der Waals surface area contributed by atoms with Crippen molar-refractivity contribution in [2.45, 2.75) is 44.8 Å². The normalized spacial score (nSPS) is 20.1. The van der Waals surface area contributed by atoms with Gasteiger partial charge in [0.15, 0.2) is 0 Å². The molecule has 0 aliphatic carbocycles. The zero-order chi connectivity index (χ0) is 17.1. The molecule has 2 unspecified atom stereocenters. The lowest BCUT2D eigenvalue weighted by molar-refractivity contribution is -0.122. The van der Waals surface area contributed by atoms with E-state index < -0.39 is 0 Å². The van der Waals surface area contributed by atoms with E-state index in [2.05, 4.69) is 38.5 Å². The minimum atomic E-state index is -0.123. The van der Waals surface area contributed by atoms with Gasteiger partial charge in [-0.2, -0.15) is 0 Å². The minimum Gasteiger partial charge on any atom is -0.352 e. The van der Waals surface area contributed by atoms with Gasteiger partial charge in [0.25, 0.3) is 5.56 Å². The maximum atomic E-state index is 12.5. The Morgan fingerprint density at radius 2 is 2.28 bits per heavy atom. The van der Waals surface area contributed by atoms with Crippen LogP contribution in [0.3, 0.4) is 0 Å². The molecule has 136 valence electrons. The molecule has 1 aromatic heterocycles. The molecule has 1 aromatic carbocycles. The molecule has 1 saturated heterocycles. The first-order valence-corrected chi connectivity index (χ1v) is 9.01. The highest BCUT2D eigenvalue weighted by atomic mass is 79.9. The molecule has 0 radical (unpaired) electrons. The van der Waals surface area contributed by atoms with Crippen LogP contribution in [0, 0.1) is 0 Å². The van der Waals surface area contributed by atoms with Crippen LogP contribution in [0.15, 0.2) is 33.8 Å². The van der Waals surface area contributed by atoms with Gasteiger partial charge in [0.05, 0.1) is 17.2 Å². The summed E-state index contributed by atoms with van der Waals surface area (Å²) in [5.41, 5.74) is 0.535. The lowest BCUT2D eigenvalue weighted by atomic mass is 10.00.